The monoisotopic (exact) mass is 405 g/mol. The summed E-state index contributed by atoms with van der Waals surface area (Å²) in [7, 11) is 0. The molecule has 1 aromatic heterocycles. The van der Waals surface area contributed by atoms with Crippen molar-refractivity contribution in [2.75, 3.05) is 11.9 Å². The average molecular weight is 405 g/mol. The number of carbonyl (C=O) groups excluding carboxylic acids is 2. The fourth-order valence-corrected chi connectivity index (χ4v) is 2.91. The number of amides is 2. The molecule has 154 valence electrons. The Morgan fingerprint density at radius 2 is 1.73 bits per heavy atom. The highest BCUT2D eigenvalue weighted by Crippen LogP contribution is 2.25. The van der Waals surface area contributed by atoms with Crippen LogP contribution in [0.1, 0.15) is 41.0 Å². The van der Waals surface area contributed by atoms with Crippen molar-refractivity contribution in [1.82, 2.24) is 10.3 Å². The summed E-state index contributed by atoms with van der Waals surface area (Å²) in [6, 6.07) is 16.8. The second kappa shape index (κ2) is 9.78. The minimum absolute atomic E-state index is 0.00212. The van der Waals surface area contributed by atoms with E-state index in [1.165, 1.54) is 12.3 Å². The number of halogens is 1. The number of rotatable bonds is 7. The third kappa shape index (κ3) is 5.29. The summed E-state index contributed by atoms with van der Waals surface area (Å²) in [5, 5.41) is 5.46. The van der Waals surface area contributed by atoms with E-state index in [9.17, 15) is 14.0 Å². The third-order valence-electron chi connectivity index (χ3n) is 4.60. The Morgan fingerprint density at radius 1 is 0.967 bits per heavy atom. The Labute approximate surface area is 175 Å². The Hall–Kier alpha value is -3.54. The van der Waals surface area contributed by atoms with Crippen molar-refractivity contribution in [3.8, 4) is 11.1 Å². The second-order valence-corrected chi connectivity index (χ2v) is 7.36. The van der Waals surface area contributed by atoms with E-state index in [0.29, 0.717) is 29.4 Å². The van der Waals surface area contributed by atoms with Crippen LogP contribution in [0.2, 0.25) is 0 Å². The Morgan fingerprint density at radius 3 is 2.40 bits per heavy atom. The standard InChI is InChI=1S/C24H24FN3O2/c1-16(2)13-14-26-24(30)20-10-6-9-19(22(20)25)18-11-12-21(27-15-18)28-23(29)17-7-4-3-5-8-17/h3-12,15-16H,13-14H2,1-2H3,(H,26,30)(H,27,28,29). The van der Waals surface area contributed by atoms with E-state index < -0.39 is 11.7 Å². The molecule has 30 heavy (non-hydrogen) atoms. The molecule has 0 unspecified atom stereocenters. The van der Waals surface area contributed by atoms with Crippen LogP contribution in [0.25, 0.3) is 11.1 Å². The van der Waals surface area contributed by atoms with Crippen molar-refractivity contribution in [2.45, 2.75) is 20.3 Å². The van der Waals surface area contributed by atoms with Gasteiger partial charge >= 0.3 is 0 Å². The van der Waals surface area contributed by atoms with Gasteiger partial charge in [-0.2, -0.15) is 0 Å². The number of nitrogens with zero attached hydrogens (tertiary/aromatic N) is 1. The Balaban J connectivity index is 1.73. The normalized spacial score (nSPS) is 10.7. The van der Waals surface area contributed by atoms with Gasteiger partial charge in [-0.05, 0) is 42.7 Å². The number of hydrogen-bond acceptors (Lipinski definition) is 3. The molecule has 0 fully saturated rings. The fourth-order valence-electron chi connectivity index (χ4n) is 2.91. The van der Waals surface area contributed by atoms with Gasteiger partial charge in [0.2, 0.25) is 0 Å². The van der Waals surface area contributed by atoms with E-state index in [-0.39, 0.29) is 17.0 Å². The first kappa shape index (κ1) is 21.2. The number of pyridine rings is 1. The molecule has 3 rings (SSSR count). The maximum atomic E-state index is 15.0. The van der Waals surface area contributed by atoms with Gasteiger partial charge in [0.15, 0.2) is 0 Å². The number of hydrogen-bond donors (Lipinski definition) is 2. The fraction of sp³-hybridized carbons (Fsp3) is 0.208. The van der Waals surface area contributed by atoms with Crippen molar-refractivity contribution in [2.24, 2.45) is 5.92 Å². The summed E-state index contributed by atoms with van der Waals surface area (Å²) in [6.45, 7) is 4.62. The summed E-state index contributed by atoms with van der Waals surface area (Å²) in [4.78, 5) is 28.7. The second-order valence-electron chi connectivity index (χ2n) is 7.36. The number of benzene rings is 2. The maximum Gasteiger partial charge on any atom is 0.256 e. The molecule has 0 saturated carbocycles. The summed E-state index contributed by atoms with van der Waals surface area (Å²) in [5.74, 6) is -0.497. The van der Waals surface area contributed by atoms with Gasteiger partial charge in [-0.25, -0.2) is 9.37 Å². The summed E-state index contributed by atoms with van der Waals surface area (Å²) < 4.78 is 15.0. The molecule has 0 aliphatic heterocycles. The first-order chi connectivity index (χ1) is 14.5. The van der Waals surface area contributed by atoms with Gasteiger partial charge in [0.25, 0.3) is 11.8 Å². The van der Waals surface area contributed by atoms with Crippen LogP contribution < -0.4 is 10.6 Å². The molecule has 5 nitrogen and oxygen atoms in total. The van der Waals surface area contributed by atoms with Gasteiger partial charge in [-0.1, -0.05) is 44.2 Å². The van der Waals surface area contributed by atoms with Gasteiger partial charge < -0.3 is 10.6 Å². The molecule has 0 atom stereocenters. The van der Waals surface area contributed by atoms with E-state index in [1.807, 2.05) is 6.07 Å². The molecule has 0 aliphatic rings. The average Bonchev–Trinajstić information content (AvgIpc) is 2.75. The van der Waals surface area contributed by atoms with Crippen LogP contribution in [-0.4, -0.2) is 23.3 Å². The number of aromatic nitrogens is 1. The molecule has 3 aromatic rings. The quantitative estimate of drug-likeness (QED) is 0.586. The van der Waals surface area contributed by atoms with Crippen LogP contribution in [0, 0.1) is 11.7 Å². The highest BCUT2D eigenvalue weighted by molar-refractivity contribution is 6.03. The number of anilines is 1. The number of carbonyl (C=O) groups is 2. The lowest BCUT2D eigenvalue weighted by Gasteiger charge is -2.11. The molecular weight excluding hydrogens is 381 g/mol. The van der Waals surface area contributed by atoms with E-state index in [4.69, 9.17) is 0 Å². The summed E-state index contributed by atoms with van der Waals surface area (Å²) in [6.07, 6.45) is 2.30. The minimum atomic E-state index is -0.595. The van der Waals surface area contributed by atoms with Gasteiger partial charge in [0, 0.05) is 29.4 Å². The van der Waals surface area contributed by atoms with Crippen LogP contribution >= 0.6 is 0 Å². The molecule has 1 heterocycles. The topological polar surface area (TPSA) is 71.1 Å². The highest BCUT2D eigenvalue weighted by atomic mass is 19.1. The molecule has 2 N–H and O–H groups in total. The predicted octanol–water partition coefficient (Wildman–Crippen LogP) is 4.92. The van der Waals surface area contributed by atoms with E-state index in [2.05, 4.69) is 29.5 Å². The number of nitrogens with one attached hydrogen (secondary N) is 2. The van der Waals surface area contributed by atoms with Gasteiger partial charge in [-0.3, -0.25) is 9.59 Å². The van der Waals surface area contributed by atoms with Crippen molar-refractivity contribution >= 4 is 17.6 Å². The molecule has 0 radical (unpaired) electrons. The zero-order valence-electron chi connectivity index (χ0n) is 17.0. The smallest absolute Gasteiger partial charge is 0.256 e. The lowest BCUT2D eigenvalue weighted by Crippen LogP contribution is -2.26. The van der Waals surface area contributed by atoms with Crippen LogP contribution in [0.5, 0.6) is 0 Å². The van der Waals surface area contributed by atoms with Crippen molar-refractivity contribution in [3.63, 3.8) is 0 Å². The molecule has 2 aromatic carbocycles. The first-order valence-electron chi connectivity index (χ1n) is 9.85. The van der Waals surface area contributed by atoms with Gasteiger partial charge in [0.05, 0.1) is 5.56 Å². The minimum Gasteiger partial charge on any atom is -0.352 e. The molecule has 0 saturated heterocycles. The summed E-state index contributed by atoms with van der Waals surface area (Å²) >= 11 is 0. The van der Waals surface area contributed by atoms with E-state index >= 15 is 0 Å². The predicted molar refractivity (Wildman–Crippen MR) is 116 cm³/mol. The Bertz CT molecular complexity index is 1020. The SMILES string of the molecule is CC(C)CCNC(=O)c1cccc(-c2ccc(NC(=O)c3ccccc3)nc2)c1F. The van der Waals surface area contributed by atoms with E-state index in [0.717, 1.165) is 6.42 Å². The van der Waals surface area contributed by atoms with Crippen LogP contribution in [0.15, 0.2) is 66.9 Å². The third-order valence-corrected chi connectivity index (χ3v) is 4.60. The van der Waals surface area contributed by atoms with Crippen LogP contribution in [0.3, 0.4) is 0 Å². The highest BCUT2D eigenvalue weighted by Gasteiger charge is 2.16. The van der Waals surface area contributed by atoms with E-state index in [1.54, 1.807) is 48.5 Å². The zero-order chi connectivity index (χ0) is 21.5. The zero-order valence-corrected chi connectivity index (χ0v) is 17.0. The maximum absolute atomic E-state index is 15.0. The molecule has 2 amide bonds. The Kier molecular flexibility index (Phi) is 6.91. The molecular formula is C24H24FN3O2. The molecule has 0 bridgehead atoms. The summed E-state index contributed by atoms with van der Waals surface area (Å²) in [5.41, 5.74) is 1.31. The lowest BCUT2D eigenvalue weighted by atomic mass is 10.0. The first-order valence-corrected chi connectivity index (χ1v) is 9.85. The van der Waals surface area contributed by atoms with Crippen molar-refractivity contribution < 1.29 is 14.0 Å². The largest absolute Gasteiger partial charge is 0.352 e. The van der Waals surface area contributed by atoms with Crippen LogP contribution in [-0.2, 0) is 0 Å². The van der Waals surface area contributed by atoms with Crippen LogP contribution in [0.4, 0.5) is 10.2 Å². The molecule has 6 heteroatoms. The van der Waals surface area contributed by atoms with Crippen molar-refractivity contribution in [1.29, 1.82) is 0 Å². The van der Waals surface area contributed by atoms with Gasteiger partial charge in [0.1, 0.15) is 11.6 Å². The van der Waals surface area contributed by atoms with Gasteiger partial charge in [-0.15, -0.1) is 0 Å². The molecule has 0 aliphatic carbocycles. The lowest BCUT2D eigenvalue weighted by molar-refractivity contribution is 0.0947. The molecule has 0 spiro atoms. The van der Waals surface area contributed by atoms with Crippen molar-refractivity contribution in [3.05, 3.63) is 83.8 Å².